The maximum absolute atomic E-state index is 14.6. The van der Waals surface area contributed by atoms with Crippen LogP contribution in [0.5, 0.6) is 5.75 Å². The lowest BCUT2D eigenvalue weighted by atomic mass is 9.90. The maximum atomic E-state index is 14.6. The van der Waals surface area contributed by atoms with Gasteiger partial charge in [0, 0.05) is 34.6 Å². The molecule has 0 aliphatic rings. The van der Waals surface area contributed by atoms with Crippen LogP contribution < -0.4 is 10.1 Å². The van der Waals surface area contributed by atoms with Gasteiger partial charge in [0.05, 0.1) is 31.7 Å². The number of halogens is 1. The van der Waals surface area contributed by atoms with Gasteiger partial charge >= 0.3 is 17.5 Å². The van der Waals surface area contributed by atoms with Gasteiger partial charge in [0.15, 0.2) is 0 Å². The smallest absolute Gasteiger partial charge is 0.356 e. The Morgan fingerprint density at radius 1 is 0.950 bits per heavy atom. The molecule has 0 unspecified atom stereocenters. The summed E-state index contributed by atoms with van der Waals surface area (Å²) in [4.78, 5) is 39.6. The molecule has 0 spiro atoms. The summed E-state index contributed by atoms with van der Waals surface area (Å²) < 4.78 is 31.7. The molecule has 1 heterocycles. The van der Waals surface area contributed by atoms with Gasteiger partial charge in [0.2, 0.25) is 0 Å². The highest BCUT2D eigenvalue weighted by atomic mass is 19.1. The lowest BCUT2D eigenvalue weighted by molar-refractivity contribution is -0.185. The van der Waals surface area contributed by atoms with Gasteiger partial charge in [-0.15, -0.1) is 0 Å². The van der Waals surface area contributed by atoms with Crippen molar-refractivity contribution < 1.29 is 38.1 Å². The van der Waals surface area contributed by atoms with E-state index in [2.05, 4.69) is 5.32 Å². The third-order valence-electron chi connectivity index (χ3n) is 6.43. The number of anilines is 1. The van der Waals surface area contributed by atoms with E-state index in [0.29, 0.717) is 22.2 Å². The summed E-state index contributed by atoms with van der Waals surface area (Å²) in [6, 6.07) is 17.0. The van der Waals surface area contributed by atoms with E-state index in [9.17, 15) is 23.9 Å². The van der Waals surface area contributed by atoms with Crippen molar-refractivity contribution in [3.8, 4) is 16.9 Å². The minimum absolute atomic E-state index is 0.0421. The minimum atomic E-state index is -2.91. The number of hydrogen-bond acceptors (Lipinski definition) is 7. The van der Waals surface area contributed by atoms with Gasteiger partial charge in [0.25, 0.3) is 5.91 Å². The number of nitrogens with zero attached hydrogens (tertiary/aromatic N) is 1. The molecule has 0 atom stereocenters. The van der Waals surface area contributed by atoms with E-state index in [1.165, 1.54) is 37.7 Å². The topological polar surface area (TPSA) is 116 Å². The standard InChI is InChI=1S/C30H29FN2O7/c1-5-39-28(35)30(37,29(36)40-6-2)26-25(22-17-20(38-4)13-15-24(22)33(26)3)21-14-12-19(31)16-23(21)32-27(34)18-10-8-7-9-11-18/h7-17,37H,5-6H2,1-4H3,(H,32,34). The fourth-order valence-electron chi connectivity index (χ4n) is 4.62. The number of aromatic nitrogens is 1. The average Bonchev–Trinajstić information content (AvgIpc) is 3.24. The van der Waals surface area contributed by atoms with Crippen LogP contribution in [0.1, 0.15) is 29.9 Å². The van der Waals surface area contributed by atoms with E-state index in [1.807, 2.05) is 0 Å². The van der Waals surface area contributed by atoms with Crippen molar-refractivity contribution in [2.45, 2.75) is 19.4 Å². The third-order valence-corrected chi connectivity index (χ3v) is 6.43. The second kappa shape index (κ2) is 11.6. The molecule has 40 heavy (non-hydrogen) atoms. The Bertz CT molecular complexity index is 1560. The summed E-state index contributed by atoms with van der Waals surface area (Å²) in [7, 11) is 3.03. The van der Waals surface area contributed by atoms with E-state index >= 15 is 0 Å². The van der Waals surface area contributed by atoms with Crippen molar-refractivity contribution in [3.05, 3.63) is 83.8 Å². The molecular formula is C30H29FN2O7. The third kappa shape index (κ3) is 5.01. The molecule has 0 aliphatic heterocycles. The van der Waals surface area contributed by atoms with Crippen molar-refractivity contribution >= 4 is 34.4 Å². The Morgan fingerprint density at radius 2 is 1.60 bits per heavy atom. The molecule has 3 aromatic carbocycles. The molecule has 4 aromatic rings. The number of aliphatic hydroxyl groups is 1. The summed E-state index contributed by atoms with van der Waals surface area (Å²) in [6.45, 7) is 2.83. The van der Waals surface area contributed by atoms with Gasteiger partial charge < -0.3 is 29.2 Å². The number of hydrogen-bond donors (Lipinski definition) is 2. The van der Waals surface area contributed by atoms with Crippen LogP contribution in [0.15, 0.2) is 66.7 Å². The van der Waals surface area contributed by atoms with Gasteiger partial charge in [0.1, 0.15) is 11.6 Å². The zero-order valence-corrected chi connectivity index (χ0v) is 22.5. The van der Waals surface area contributed by atoms with E-state index in [0.717, 1.165) is 6.07 Å². The molecule has 4 rings (SSSR count). The Labute approximate surface area is 230 Å². The Kier molecular flexibility index (Phi) is 8.20. The van der Waals surface area contributed by atoms with E-state index in [4.69, 9.17) is 14.2 Å². The number of aryl methyl sites for hydroxylation is 1. The maximum Gasteiger partial charge on any atom is 0.356 e. The van der Waals surface area contributed by atoms with Crippen LogP contribution in [0.3, 0.4) is 0 Å². The van der Waals surface area contributed by atoms with Gasteiger partial charge in [-0.2, -0.15) is 0 Å². The number of benzene rings is 3. The van der Waals surface area contributed by atoms with E-state index in [-0.39, 0.29) is 35.7 Å². The first-order valence-corrected chi connectivity index (χ1v) is 12.6. The van der Waals surface area contributed by atoms with E-state index < -0.39 is 29.3 Å². The molecule has 10 heteroatoms. The molecule has 1 aromatic heterocycles. The van der Waals surface area contributed by atoms with E-state index in [1.54, 1.807) is 55.6 Å². The monoisotopic (exact) mass is 548 g/mol. The molecule has 0 fully saturated rings. The molecule has 9 nitrogen and oxygen atoms in total. The van der Waals surface area contributed by atoms with Crippen LogP contribution in [0.4, 0.5) is 10.1 Å². The molecule has 0 bridgehead atoms. The van der Waals surface area contributed by atoms with Gasteiger partial charge in [-0.1, -0.05) is 18.2 Å². The largest absolute Gasteiger partial charge is 0.497 e. The molecule has 1 amide bonds. The van der Waals surface area contributed by atoms with Crippen molar-refractivity contribution in [2.75, 3.05) is 25.6 Å². The number of ether oxygens (including phenoxy) is 3. The number of carbonyl (C=O) groups excluding carboxylic acids is 3. The number of methoxy groups -OCH3 is 1. The van der Waals surface area contributed by atoms with Crippen LogP contribution in [-0.4, -0.2) is 47.8 Å². The Hall–Kier alpha value is -4.70. The predicted octanol–water partition coefficient (Wildman–Crippen LogP) is 4.56. The molecular weight excluding hydrogens is 519 g/mol. The molecule has 208 valence electrons. The van der Waals surface area contributed by atoms with Crippen LogP contribution >= 0.6 is 0 Å². The summed E-state index contributed by atoms with van der Waals surface area (Å²) >= 11 is 0. The fraction of sp³-hybridized carbons (Fsp3) is 0.233. The predicted molar refractivity (Wildman–Crippen MR) is 146 cm³/mol. The first kappa shape index (κ1) is 28.3. The van der Waals surface area contributed by atoms with Crippen LogP contribution in [-0.2, 0) is 31.7 Å². The molecule has 0 saturated heterocycles. The second-order valence-electron chi connectivity index (χ2n) is 8.83. The van der Waals surface area contributed by atoms with Crippen LogP contribution in [0.2, 0.25) is 0 Å². The highest BCUT2D eigenvalue weighted by molar-refractivity contribution is 6.13. The number of nitrogens with one attached hydrogen (secondary N) is 1. The zero-order valence-electron chi connectivity index (χ0n) is 22.5. The summed E-state index contributed by atoms with van der Waals surface area (Å²) in [6.07, 6.45) is 0. The van der Waals surface area contributed by atoms with Crippen molar-refractivity contribution in [1.82, 2.24) is 4.57 Å². The summed E-state index contributed by atoms with van der Waals surface area (Å²) in [5, 5.41) is 15.0. The normalized spacial score (nSPS) is 11.2. The quantitative estimate of drug-likeness (QED) is 0.233. The van der Waals surface area contributed by atoms with Gasteiger partial charge in [-0.25, -0.2) is 14.0 Å². The van der Waals surface area contributed by atoms with Gasteiger partial charge in [-0.3, -0.25) is 4.79 Å². The van der Waals surface area contributed by atoms with Crippen molar-refractivity contribution in [2.24, 2.45) is 7.05 Å². The zero-order chi connectivity index (χ0) is 29.0. The number of esters is 2. The molecule has 2 N–H and O–H groups in total. The number of rotatable bonds is 9. The Morgan fingerprint density at radius 3 is 2.20 bits per heavy atom. The minimum Gasteiger partial charge on any atom is -0.497 e. The number of fused-ring (bicyclic) bond motifs is 1. The summed E-state index contributed by atoms with van der Waals surface area (Å²) in [5.74, 6) is -3.21. The second-order valence-corrected chi connectivity index (χ2v) is 8.83. The molecule has 0 radical (unpaired) electrons. The molecule has 0 saturated carbocycles. The van der Waals surface area contributed by atoms with Gasteiger partial charge in [-0.05, 0) is 62.4 Å². The first-order chi connectivity index (χ1) is 19.2. The van der Waals surface area contributed by atoms with Crippen molar-refractivity contribution in [1.29, 1.82) is 0 Å². The van der Waals surface area contributed by atoms with Crippen LogP contribution in [0.25, 0.3) is 22.0 Å². The van der Waals surface area contributed by atoms with Crippen molar-refractivity contribution in [3.63, 3.8) is 0 Å². The molecule has 0 aliphatic carbocycles. The fourth-order valence-corrected chi connectivity index (χ4v) is 4.62. The van der Waals surface area contributed by atoms with Crippen LogP contribution in [0, 0.1) is 5.82 Å². The highest BCUT2D eigenvalue weighted by Crippen LogP contribution is 2.45. The lowest BCUT2D eigenvalue weighted by Crippen LogP contribution is -2.47. The Balaban J connectivity index is 2.07. The lowest BCUT2D eigenvalue weighted by Gasteiger charge is -2.26. The number of carbonyl (C=O) groups is 3. The number of amides is 1. The highest BCUT2D eigenvalue weighted by Gasteiger charge is 2.53. The average molecular weight is 549 g/mol. The first-order valence-electron chi connectivity index (χ1n) is 12.6. The summed E-state index contributed by atoms with van der Waals surface area (Å²) in [5.41, 5.74) is -1.82. The SMILES string of the molecule is CCOC(=O)C(O)(C(=O)OCC)c1c(-c2ccc(F)cc2NC(=O)c2ccccc2)c2cc(OC)ccc2n1C.